The van der Waals surface area contributed by atoms with Crippen LogP contribution >= 0.6 is 0 Å². The Morgan fingerprint density at radius 1 is 1.03 bits per heavy atom. The van der Waals surface area contributed by atoms with E-state index in [-0.39, 0.29) is 36.4 Å². The number of fused-ring (bicyclic) bond motifs is 1. The summed E-state index contributed by atoms with van der Waals surface area (Å²) in [5.74, 6) is -0.535. The van der Waals surface area contributed by atoms with E-state index in [1.807, 2.05) is 35.2 Å². The van der Waals surface area contributed by atoms with Crippen molar-refractivity contribution in [2.45, 2.75) is 36.9 Å². The van der Waals surface area contributed by atoms with Gasteiger partial charge in [0.05, 0.1) is 17.6 Å². The van der Waals surface area contributed by atoms with Gasteiger partial charge >= 0.3 is 0 Å². The second-order valence-electron chi connectivity index (χ2n) is 8.81. The fraction of sp³-hybridized carbons (Fsp3) is 0.440. The van der Waals surface area contributed by atoms with Crippen LogP contribution in [0.3, 0.4) is 0 Å². The molecule has 3 heterocycles. The first-order chi connectivity index (χ1) is 15.6. The molecule has 5 rings (SSSR count). The average Bonchev–Trinajstić information content (AvgIpc) is 3.26. The Labute approximate surface area is 186 Å². The highest BCUT2D eigenvalue weighted by Gasteiger charge is 2.51. The van der Waals surface area contributed by atoms with Crippen LogP contribution in [-0.2, 0) is 31.0 Å². The maximum atomic E-state index is 14.8. The third-order valence-corrected chi connectivity index (χ3v) is 7.01. The summed E-state index contributed by atoms with van der Waals surface area (Å²) >= 11 is 0. The summed E-state index contributed by atoms with van der Waals surface area (Å²) in [6.45, 7) is 2.12. The number of carbonyl (C=O) groups is 2. The Morgan fingerprint density at radius 3 is 2.50 bits per heavy atom. The fourth-order valence-electron chi connectivity index (χ4n) is 5.29. The van der Waals surface area contributed by atoms with E-state index in [2.05, 4.69) is 0 Å². The lowest BCUT2D eigenvalue weighted by Gasteiger charge is -2.39. The molecule has 3 aliphatic heterocycles. The van der Waals surface area contributed by atoms with Crippen molar-refractivity contribution in [3.8, 4) is 0 Å². The minimum Gasteiger partial charge on any atom is -0.381 e. The Hall–Kier alpha value is -2.77. The monoisotopic (exact) mass is 438 g/mol. The van der Waals surface area contributed by atoms with E-state index < -0.39 is 5.41 Å². The molecule has 0 unspecified atom stereocenters. The van der Waals surface area contributed by atoms with Crippen LogP contribution in [0.2, 0.25) is 0 Å². The standard InChI is InChI=1S/C25H27FN2O4/c26-20-9-5-4-8-19(20)25(10-12-31-13-11-25)24(30)27-15-21-22(16-27)32-17-23(29)28(21)14-18-6-2-1-3-7-18/h1-9,21-22H,10-17H2/t21-,22-/m0/s1. The number of nitrogens with zero attached hydrogens (tertiary/aromatic N) is 2. The number of benzene rings is 2. The first-order valence-electron chi connectivity index (χ1n) is 11.2. The molecule has 0 radical (unpaired) electrons. The zero-order chi connectivity index (χ0) is 22.1. The van der Waals surface area contributed by atoms with Crippen LogP contribution in [0, 0.1) is 5.82 Å². The van der Waals surface area contributed by atoms with Crippen molar-refractivity contribution >= 4 is 11.8 Å². The predicted molar refractivity (Wildman–Crippen MR) is 115 cm³/mol. The van der Waals surface area contributed by atoms with Crippen LogP contribution in [-0.4, -0.2) is 66.7 Å². The van der Waals surface area contributed by atoms with Crippen molar-refractivity contribution in [3.63, 3.8) is 0 Å². The van der Waals surface area contributed by atoms with E-state index in [1.165, 1.54) is 6.07 Å². The van der Waals surface area contributed by atoms with Crippen LogP contribution < -0.4 is 0 Å². The molecular weight excluding hydrogens is 411 g/mol. The van der Waals surface area contributed by atoms with Crippen molar-refractivity contribution < 1.29 is 23.5 Å². The maximum Gasteiger partial charge on any atom is 0.249 e. The summed E-state index contributed by atoms with van der Waals surface area (Å²) in [5.41, 5.74) is 0.519. The van der Waals surface area contributed by atoms with Crippen LogP contribution in [0.5, 0.6) is 0 Å². The molecule has 3 fully saturated rings. The van der Waals surface area contributed by atoms with Gasteiger partial charge in [0.25, 0.3) is 0 Å². The Balaban J connectivity index is 1.41. The van der Waals surface area contributed by atoms with Gasteiger partial charge in [-0.05, 0) is 24.5 Å². The SMILES string of the molecule is O=C1CO[C@H]2CN(C(=O)C3(c4ccccc4F)CCOCC3)C[C@@H]2N1Cc1ccccc1. The molecule has 2 aromatic carbocycles. The van der Waals surface area contributed by atoms with Gasteiger partial charge in [-0.3, -0.25) is 9.59 Å². The normalized spacial score (nSPS) is 25.0. The van der Waals surface area contributed by atoms with Crippen molar-refractivity contribution in [3.05, 3.63) is 71.5 Å². The topological polar surface area (TPSA) is 59.1 Å². The molecule has 0 N–H and O–H groups in total. The number of hydrogen-bond acceptors (Lipinski definition) is 4. The van der Waals surface area contributed by atoms with Gasteiger partial charge in [-0.15, -0.1) is 0 Å². The summed E-state index contributed by atoms with van der Waals surface area (Å²) in [5, 5.41) is 0. The first-order valence-corrected chi connectivity index (χ1v) is 11.2. The molecule has 0 spiro atoms. The number of rotatable bonds is 4. The van der Waals surface area contributed by atoms with Gasteiger partial charge < -0.3 is 19.3 Å². The molecule has 3 aliphatic rings. The molecule has 0 aliphatic carbocycles. The molecule has 7 heteroatoms. The second-order valence-corrected chi connectivity index (χ2v) is 8.81. The van der Waals surface area contributed by atoms with Crippen LogP contribution in [0.1, 0.15) is 24.0 Å². The van der Waals surface area contributed by atoms with Crippen molar-refractivity contribution in [2.75, 3.05) is 32.9 Å². The van der Waals surface area contributed by atoms with Gasteiger partial charge in [-0.1, -0.05) is 48.5 Å². The average molecular weight is 438 g/mol. The Kier molecular flexibility index (Phi) is 5.69. The van der Waals surface area contributed by atoms with Gasteiger partial charge in [0.15, 0.2) is 0 Å². The molecular formula is C25H27FN2O4. The number of morpholine rings is 1. The van der Waals surface area contributed by atoms with Gasteiger partial charge in [-0.25, -0.2) is 4.39 Å². The molecule has 3 saturated heterocycles. The lowest BCUT2D eigenvalue weighted by Crippen LogP contribution is -2.53. The van der Waals surface area contributed by atoms with Crippen LogP contribution in [0.15, 0.2) is 54.6 Å². The third-order valence-electron chi connectivity index (χ3n) is 7.01. The van der Waals surface area contributed by atoms with Gasteiger partial charge in [0, 0.05) is 38.4 Å². The minimum atomic E-state index is -0.953. The first kappa shape index (κ1) is 21.1. The summed E-state index contributed by atoms with van der Waals surface area (Å²) in [4.78, 5) is 30.2. The number of carbonyl (C=O) groups excluding carboxylic acids is 2. The van der Waals surface area contributed by atoms with Gasteiger partial charge in [0.1, 0.15) is 12.4 Å². The molecule has 0 bridgehead atoms. The smallest absolute Gasteiger partial charge is 0.249 e. The predicted octanol–water partition coefficient (Wildman–Crippen LogP) is 2.51. The number of likely N-dealkylation sites (tertiary alicyclic amines) is 1. The quantitative estimate of drug-likeness (QED) is 0.736. The van der Waals surface area contributed by atoms with E-state index in [0.29, 0.717) is 51.3 Å². The van der Waals surface area contributed by atoms with Crippen molar-refractivity contribution in [2.24, 2.45) is 0 Å². The van der Waals surface area contributed by atoms with Gasteiger partial charge in [-0.2, -0.15) is 0 Å². The number of amides is 2. The Bertz CT molecular complexity index is 992. The van der Waals surface area contributed by atoms with Crippen molar-refractivity contribution in [1.82, 2.24) is 9.80 Å². The summed E-state index contributed by atoms with van der Waals surface area (Å²) in [6, 6.07) is 16.2. The maximum absolute atomic E-state index is 14.8. The largest absolute Gasteiger partial charge is 0.381 e. The molecule has 0 saturated carbocycles. The van der Waals surface area contributed by atoms with E-state index in [4.69, 9.17) is 9.47 Å². The zero-order valence-corrected chi connectivity index (χ0v) is 17.9. The third kappa shape index (κ3) is 3.69. The van der Waals surface area contributed by atoms with E-state index >= 15 is 0 Å². The number of ether oxygens (including phenoxy) is 2. The fourth-order valence-corrected chi connectivity index (χ4v) is 5.29. The number of hydrogen-bond donors (Lipinski definition) is 0. The lowest BCUT2D eigenvalue weighted by atomic mass is 9.72. The van der Waals surface area contributed by atoms with Crippen molar-refractivity contribution in [1.29, 1.82) is 0 Å². The zero-order valence-electron chi connectivity index (χ0n) is 17.9. The Morgan fingerprint density at radius 2 is 1.75 bits per heavy atom. The van der Waals surface area contributed by atoms with Crippen LogP contribution in [0.4, 0.5) is 4.39 Å². The molecule has 2 aromatic rings. The second kappa shape index (κ2) is 8.64. The van der Waals surface area contributed by atoms with E-state index in [9.17, 15) is 14.0 Å². The highest BCUT2D eigenvalue weighted by molar-refractivity contribution is 5.89. The highest BCUT2D eigenvalue weighted by atomic mass is 19.1. The minimum absolute atomic E-state index is 0.0162. The van der Waals surface area contributed by atoms with Crippen LogP contribution in [0.25, 0.3) is 0 Å². The highest BCUT2D eigenvalue weighted by Crippen LogP contribution is 2.39. The summed E-state index contributed by atoms with van der Waals surface area (Å²) < 4.78 is 26.2. The molecule has 6 nitrogen and oxygen atoms in total. The van der Waals surface area contributed by atoms with E-state index in [0.717, 1.165) is 5.56 Å². The van der Waals surface area contributed by atoms with E-state index in [1.54, 1.807) is 23.1 Å². The van der Waals surface area contributed by atoms with Gasteiger partial charge in [0.2, 0.25) is 11.8 Å². The molecule has 0 aromatic heterocycles. The summed E-state index contributed by atoms with van der Waals surface area (Å²) in [6.07, 6.45) is 0.635. The summed E-state index contributed by atoms with van der Waals surface area (Å²) in [7, 11) is 0. The molecule has 168 valence electrons. The molecule has 2 atom stereocenters. The lowest BCUT2D eigenvalue weighted by molar-refractivity contribution is -0.153. The number of halogens is 1. The molecule has 2 amide bonds. The molecule has 32 heavy (non-hydrogen) atoms.